The van der Waals surface area contributed by atoms with Gasteiger partial charge in [-0.05, 0) is 50.2 Å². The molecular formula is C22H29N3O3S. The number of carbonyl (C=O) groups excluding carboxylic acids is 1. The van der Waals surface area contributed by atoms with E-state index in [1.807, 2.05) is 37.4 Å². The van der Waals surface area contributed by atoms with Gasteiger partial charge in [0.15, 0.2) is 0 Å². The van der Waals surface area contributed by atoms with Crippen LogP contribution in [0.3, 0.4) is 0 Å². The molecule has 6 nitrogen and oxygen atoms in total. The molecular weight excluding hydrogens is 386 g/mol. The Morgan fingerprint density at radius 2 is 1.69 bits per heavy atom. The molecule has 0 spiro atoms. The second kappa shape index (κ2) is 9.52. The predicted molar refractivity (Wildman–Crippen MR) is 114 cm³/mol. The number of likely N-dealkylation sites (tertiary alicyclic amines) is 1. The molecule has 1 aliphatic heterocycles. The summed E-state index contributed by atoms with van der Waals surface area (Å²) in [7, 11) is -0.433. The van der Waals surface area contributed by atoms with Crippen molar-refractivity contribution in [1.82, 2.24) is 14.5 Å². The lowest BCUT2D eigenvalue weighted by Gasteiger charge is -2.32. The third-order valence-corrected chi connectivity index (χ3v) is 7.06. The Bertz CT molecular complexity index is 925. The molecule has 1 unspecified atom stereocenters. The molecule has 7 heteroatoms. The zero-order valence-electron chi connectivity index (χ0n) is 17.0. The first kappa shape index (κ1) is 21.5. The molecule has 1 atom stereocenters. The van der Waals surface area contributed by atoms with Crippen molar-refractivity contribution < 1.29 is 13.2 Å². The van der Waals surface area contributed by atoms with E-state index in [1.54, 1.807) is 23.1 Å². The SMILES string of the molecule is CNS(=O)(=O)c1ccccc1CC(=O)N(C)C(CN1CCCC1)c1ccccc1. The molecule has 2 aromatic rings. The van der Waals surface area contributed by atoms with Gasteiger partial charge in [-0.2, -0.15) is 0 Å². The molecule has 2 aromatic carbocycles. The third kappa shape index (κ3) is 5.23. The van der Waals surface area contributed by atoms with Crippen LogP contribution < -0.4 is 4.72 Å². The highest BCUT2D eigenvalue weighted by molar-refractivity contribution is 7.89. The number of rotatable bonds is 8. The van der Waals surface area contributed by atoms with Gasteiger partial charge in [-0.15, -0.1) is 0 Å². The average Bonchev–Trinajstić information content (AvgIpc) is 3.25. The normalized spacial score (nSPS) is 15.9. The van der Waals surface area contributed by atoms with E-state index in [-0.39, 0.29) is 23.3 Å². The number of benzene rings is 2. The molecule has 1 saturated heterocycles. The minimum Gasteiger partial charge on any atom is -0.337 e. The van der Waals surface area contributed by atoms with Crippen LogP contribution in [0.5, 0.6) is 0 Å². The first-order valence-electron chi connectivity index (χ1n) is 9.97. The van der Waals surface area contributed by atoms with Crippen molar-refractivity contribution in [1.29, 1.82) is 0 Å². The van der Waals surface area contributed by atoms with Crippen molar-refractivity contribution in [2.24, 2.45) is 0 Å². The molecule has 1 heterocycles. The van der Waals surface area contributed by atoms with Crippen LogP contribution in [0.1, 0.15) is 30.0 Å². The number of hydrogen-bond acceptors (Lipinski definition) is 4. The summed E-state index contributed by atoms with van der Waals surface area (Å²) in [5.74, 6) is -0.100. The Morgan fingerprint density at radius 1 is 1.07 bits per heavy atom. The van der Waals surface area contributed by atoms with Gasteiger partial charge < -0.3 is 9.80 Å². The highest BCUT2D eigenvalue weighted by atomic mass is 32.2. The topological polar surface area (TPSA) is 69.7 Å². The number of nitrogens with one attached hydrogen (secondary N) is 1. The smallest absolute Gasteiger partial charge is 0.240 e. The van der Waals surface area contributed by atoms with Gasteiger partial charge in [-0.25, -0.2) is 13.1 Å². The number of likely N-dealkylation sites (N-methyl/N-ethyl adjacent to an activating group) is 1. The number of carbonyl (C=O) groups is 1. The first-order valence-corrected chi connectivity index (χ1v) is 11.4. The van der Waals surface area contributed by atoms with Crippen LogP contribution in [-0.2, 0) is 21.2 Å². The van der Waals surface area contributed by atoms with E-state index in [1.165, 1.54) is 26.0 Å². The maximum Gasteiger partial charge on any atom is 0.240 e. The fourth-order valence-corrected chi connectivity index (χ4v) is 4.78. The zero-order valence-corrected chi connectivity index (χ0v) is 17.9. The summed E-state index contributed by atoms with van der Waals surface area (Å²) in [6, 6.07) is 16.6. The number of sulfonamides is 1. The molecule has 0 aromatic heterocycles. The second-order valence-electron chi connectivity index (χ2n) is 7.43. The lowest BCUT2D eigenvalue weighted by Crippen LogP contribution is -2.39. The van der Waals surface area contributed by atoms with Crippen LogP contribution in [0.2, 0.25) is 0 Å². The Balaban J connectivity index is 1.83. The molecule has 1 N–H and O–H groups in total. The van der Waals surface area contributed by atoms with Gasteiger partial charge in [0.1, 0.15) is 0 Å². The van der Waals surface area contributed by atoms with Crippen LogP contribution in [0.25, 0.3) is 0 Å². The summed E-state index contributed by atoms with van der Waals surface area (Å²) >= 11 is 0. The molecule has 1 aliphatic rings. The summed E-state index contributed by atoms with van der Waals surface area (Å²) in [5, 5.41) is 0. The quantitative estimate of drug-likeness (QED) is 0.719. The van der Waals surface area contributed by atoms with Crippen molar-refractivity contribution in [2.75, 3.05) is 33.7 Å². The lowest BCUT2D eigenvalue weighted by molar-refractivity contribution is -0.131. The fourth-order valence-electron chi connectivity index (χ4n) is 3.82. The Morgan fingerprint density at radius 3 is 2.34 bits per heavy atom. The monoisotopic (exact) mass is 415 g/mol. The maximum absolute atomic E-state index is 13.2. The summed E-state index contributed by atoms with van der Waals surface area (Å²) in [6.45, 7) is 2.88. The molecule has 29 heavy (non-hydrogen) atoms. The minimum absolute atomic E-state index is 0.0386. The number of hydrogen-bond donors (Lipinski definition) is 1. The van der Waals surface area contributed by atoms with E-state index < -0.39 is 10.0 Å². The Labute approximate surface area is 173 Å². The van der Waals surface area contributed by atoms with Crippen LogP contribution >= 0.6 is 0 Å². The first-order chi connectivity index (χ1) is 13.9. The Kier molecular flexibility index (Phi) is 7.05. The fraction of sp³-hybridized carbons (Fsp3) is 0.409. The van der Waals surface area contributed by atoms with Gasteiger partial charge in [-0.1, -0.05) is 48.5 Å². The summed E-state index contributed by atoms with van der Waals surface area (Å²) in [4.78, 5) is 17.5. The molecule has 0 bridgehead atoms. The van der Waals surface area contributed by atoms with Crippen molar-refractivity contribution >= 4 is 15.9 Å². The van der Waals surface area contributed by atoms with Crippen LogP contribution in [-0.4, -0.2) is 57.9 Å². The van der Waals surface area contributed by atoms with Gasteiger partial charge >= 0.3 is 0 Å². The van der Waals surface area contributed by atoms with Gasteiger partial charge in [0.2, 0.25) is 15.9 Å². The summed E-state index contributed by atoms with van der Waals surface area (Å²) in [5.41, 5.74) is 1.60. The van der Waals surface area contributed by atoms with E-state index in [2.05, 4.69) is 9.62 Å². The summed E-state index contributed by atoms with van der Waals surface area (Å²) < 4.78 is 27.0. The lowest BCUT2D eigenvalue weighted by atomic mass is 10.0. The molecule has 0 aliphatic carbocycles. The third-order valence-electron chi connectivity index (χ3n) is 5.55. The zero-order chi connectivity index (χ0) is 20.9. The van der Waals surface area contributed by atoms with Gasteiger partial charge in [-0.3, -0.25) is 4.79 Å². The van der Waals surface area contributed by atoms with Gasteiger partial charge in [0.05, 0.1) is 17.4 Å². The van der Waals surface area contributed by atoms with Crippen molar-refractivity contribution in [2.45, 2.75) is 30.2 Å². The van der Waals surface area contributed by atoms with Crippen LogP contribution in [0.15, 0.2) is 59.5 Å². The van der Waals surface area contributed by atoms with Crippen molar-refractivity contribution in [3.05, 3.63) is 65.7 Å². The van der Waals surface area contributed by atoms with E-state index in [9.17, 15) is 13.2 Å². The molecule has 0 saturated carbocycles. The Hall–Kier alpha value is -2.22. The number of amides is 1. The molecule has 0 radical (unpaired) electrons. The van der Waals surface area contributed by atoms with E-state index in [0.29, 0.717) is 5.56 Å². The molecule has 1 fully saturated rings. The minimum atomic E-state index is -3.62. The highest BCUT2D eigenvalue weighted by Gasteiger charge is 2.27. The summed E-state index contributed by atoms with van der Waals surface area (Å²) in [6.07, 6.45) is 2.42. The highest BCUT2D eigenvalue weighted by Crippen LogP contribution is 2.24. The molecule has 156 valence electrons. The molecule has 3 rings (SSSR count). The van der Waals surface area contributed by atoms with Crippen LogP contribution in [0.4, 0.5) is 0 Å². The second-order valence-corrected chi connectivity index (χ2v) is 9.29. The van der Waals surface area contributed by atoms with Gasteiger partial charge in [0.25, 0.3) is 0 Å². The van der Waals surface area contributed by atoms with Crippen molar-refractivity contribution in [3.8, 4) is 0 Å². The van der Waals surface area contributed by atoms with E-state index >= 15 is 0 Å². The standard InChI is InChI=1S/C22H29N3O3S/c1-23-29(27,28)21-13-7-6-12-19(21)16-22(26)24(2)20(17-25-14-8-9-15-25)18-10-4-3-5-11-18/h3-7,10-13,20,23H,8-9,14-17H2,1-2H3. The predicted octanol–water partition coefficient (Wildman–Crippen LogP) is 2.43. The average molecular weight is 416 g/mol. The largest absolute Gasteiger partial charge is 0.337 e. The number of nitrogens with zero attached hydrogens (tertiary/aromatic N) is 2. The molecule has 1 amide bonds. The van der Waals surface area contributed by atoms with E-state index in [4.69, 9.17) is 0 Å². The maximum atomic E-state index is 13.2. The van der Waals surface area contributed by atoms with E-state index in [0.717, 1.165) is 25.2 Å². The van der Waals surface area contributed by atoms with Crippen LogP contribution in [0, 0.1) is 0 Å². The van der Waals surface area contributed by atoms with Gasteiger partial charge in [0, 0.05) is 13.6 Å². The van der Waals surface area contributed by atoms with Crippen molar-refractivity contribution in [3.63, 3.8) is 0 Å².